The first-order valence-electron chi connectivity index (χ1n) is 4.03. The van der Waals surface area contributed by atoms with Gasteiger partial charge in [-0.3, -0.25) is 0 Å². The first-order chi connectivity index (χ1) is 7.91. The number of nitrogens with zero attached hydrogens (tertiary/aromatic N) is 2. The number of anilines is 1. The molecular formula is C6HCl4N2O4P. The molecular weight excluding hydrogens is 337 g/mol. The highest BCUT2D eigenvalue weighted by Gasteiger charge is 2.60. The van der Waals surface area contributed by atoms with Crippen LogP contribution < -0.4 is 5.17 Å². The first-order valence-corrected chi connectivity index (χ1v) is 7.01. The van der Waals surface area contributed by atoms with Crippen molar-refractivity contribution in [2.24, 2.45) is 0 Å². The molecule has 0 unspecified atom stereocenters. The maximum Gasteiger partial charge on any atom is 0.538 e. The number of rotatable bonds is 1. The molecule has 1 aromatic rings. The van der Waals surface area contributed by atoms with Crippen molar-refractivity contribution < 1.29 is 18.4 Å². The summed E-state index contributed by atoms with van der Waals surface area (Å²) >= 11 is 23.5. The van der Waals surface area contributed by atoms with E-state index in [2.05, 4.69) is 9.25 Å². The van der Waals surface area contributed by atoms with Gasteiger partial charge in [-0.05, 0) is 6.07 Å². The minimum Gasteiger partial charge on any atom is -0.222 e. The number of benzene rings is 1. The van der Waals surface area contributed by atoms with Crippen LogP contribution in [-0.2, 0) is 18.4 Å². The lowest BCUT2D eigenvalue weighted by Gasteiger charge is -2.22. The van der Waals surface area contributed by atoms with E-state index in [0.717, 1.165) is 10.5 Å². The van der Waals surface area contributed by atoms with Gasteiger partial charge in [0.1, 0.15) is 5.69 Å². The summed E-state index contributed by atoms with van der Waals surface area (Å²) < 4.78 is 25.5. The zero-order valence-electron chi connectivity index (χ0n) is 7.56. The number of halogens is 4. The molecule has 2 bridgehead atoms. The van der Waals surface area contributed by atoms with E-state index in [1.165, 1.54) is 6.07 Å². The third-order valence-corrected chi connectivity index (χ3v) is 4.73. The molecule has 92 valence electrons. The highest BCUT2D eigenvalue weighted by atomic mass is 35.5. The molecule has 0 aromatic heterocycles. The van der Waals surface area contributed by atoms with Crippen molar-refractivity contribution in [2.45, 2.75) is 0 Å². The lowest BCUT2D eigenvalue weighted by atomic mass is 10.3. The molecule has 0 atom stereocenters. The SMILES string of the molecule is O=P12ON(O1)N(c1cc(Cl)c(Cl)c(Cl)c1Cl)O2. The molecule has 4 rings (SSSR count). The fraction of sp³-hybridized carbons (Fsp3) is 0. The van der Waals surface area contributed by atoms with Crippen LogP contribution in [0.2, 0.25) is 20.1 Å². The van der Waals surface area contributed by atoms with E-state index in [9.17, 15) is 4.57 Å². The van der Waals surface area contributed by atoms with Gasteiger partial charge in [0, 0.05) is 0 Å². The van der Waals surface area contributed by atoms with Gasteiger partial charge >= 0.3 is 7.82 Å². The fourth-order valence-electron chi connectivity index (χ4n) is 1.23. The Morgan fingerprint density at radius 3 is 2.18 bits per heavy atom. The normalized spacial score (nSPS) is 30.6. The third kappa shape index (κ3) is 1.76. The molecule has 0 radical (unpaired) electrons. The summed E-state index contributed by atoms with van der Waals surface area (Å²) in [4.78, 5) is 0. The quantitative estimate of drug-likeness (QED) is 0.433. The molecule has 3 aliphatic heterocycles. The Hall–Kier alpha value is 0.250. The van der Waals surface area contributed by atoms with Crippen LogP contribution in [-0.4, -0.2) is 5.34 Å². The number of phosphoric acid groups is 1. The smallest absolute Gasteiger partial charge is 0.222 e. The average molecular weight is 338 g/mol. The van der Waals surface area contributed by atoms with Gasteiger partial charge in [0.15, 0.2) is 0 Å². The fourth-order valence-corrected chi connectivity index (χ4v) is 2.98. The summed E-state index contributed by atoms with van der Waals surface area (Å²) in [5.41, 5.74) is 0.196. The van der Waals surface area contributed by atoms with Gasteiger partial charge in [-0.1, -0.05) is 46.4 Å². The van der Waals surface area contributed by atoms with E-state index >= 15 is 0 Å². The van der Waals surface area contributed by atoms with Gasteiger partial charge in [-0.15, -0.1) is 19.0 Å². The zero-order chi connectivity index (χ0) is 12.4. The van der Waals surface area contributed by atoms with Gasteiger partial charge in [-0.25, -0.2) is 4.57 Å². The summed E-state index contributed by atoms with van der Waals surface area (Å²) in [5, 5.41) is 2.05. The minimum absolute atomic E-state index is 0.0445. The molecule has 11 heteroatoms. The second kappa shape index (κ2) is 3.87. The van der Waals surface area contributed by atoms with E-state index < -0.39 is 7.82 Å². The van der Waals surface area contributed by atoms with Gasteiger partial charge in [-0.2, -0.15) is 0 Å². The molecule has 3 aliphatic rings. The van der Waals surface area contributed by atoms with E-state index in [0.29, 0.717) is 0 Å². The van der Waals surface area contributed by atoms with E-state index in [4.69, 9.17) is 51.0 Å². The van der Waals surface area contributed by atoms with Crippen molar-refractivity contribution in [1.29, 1.82) is 0 Å². The van der Waals surface area contributed by atoms with Gasteiger partial charge in [0.2, 0.25) is 0 Å². The van der Waals surface area contributed by atoms with Crippen molar-refractivity contribution >= 4 is 59.9 Å². The Labute approximate surface area is 115 Å². The van der Waals surface area contributed by atoms with Crippen LogP contribution in [0.15, 0.2) is 6.07 Å². The van der Waals surface area contributed by atoms with Crippen LogP contribution in [0, 0.1) is 0 Å². The number of fused-ring (bicyclic) bond motifs is 1. The molecule has 3 heterocycles. The zero-order valence-corrected chi connectivity index (χ0v) is 11.5. The van der Waals surface area contributed by atoms with Gasteiger partial charge < -0.3 is 0 Å². The molecule has 0 spiro atoms. The van der Waals surface area contributed by atoms with Crippen molar-refractivity contribution in [2.75, 3.05) is 5.17 Å². The Morgan fingerprint density at radius 2 is 1.65 bits per heavy atom. The van der Waals surface area contributed by atoms with E-state index in [-0.39, 0.29) is 25.8 Å². The standard InChI is InChI=1S/C6HCl4N2O4P/c7-2-1-3(5(9)6(10)4(2)8)11-12-15-17(13,14-11)16-12/h1H. The van der Waals surface area contributed by atoms with Crippen molar-refractivity contribution in [3.8, 4) is 0 Å². The van der Waals surface area contributed by atoms with Crippen molar-refractivity contribution in [3.63, 3.8) is 0 Å². The Kier molecular flexibility index (Phi) is 2.80. The topological polar surface area (TPSA) is 51.2 Å². The molecule has 0 aliphatic carbocycles. The van der Waals surface area contributed by atoms with Crippen molar-refractivity contribution in [1.82, 2.24) is 5.34 Å². The number of hydrogen-bond donors (Lipinski definition) is 0. The van der Waals surface area contributed by atoms with E-state index in [1.54, 1.807) is 0 Å². The number of hydrogen-bond acceptors (Lipinski definition) is 6. The molecule has 0 amide bonds. The Balaban J connectivity index is 2.08. The first kappa shape index (κ1) is 12.3. The van der Waals surface area contributed by atoms with Crippen LogP contribution in [0.3, 0.4) is 0 Å². The Bertz CT molecular complexity index is 559. The molecule has 17 heavy (non-hydrogen) atoms. The second-order valence-corrected chi connectivity index (χ2v) is 5.95. The molecule has 3 fully saturated rings. The van der Waals surface area contributed by atoms with Gasteiger partial charge in [0.25, 0.3) is 0 Å². The highest BCUT2D eigenvalue weighted by Crippen LogP contribution is 2.68. The maximum atomic E-state index is 11.3. The van der Waals surface area contributed by atoms with Crippen LogP contribution in [0.4, 0.5) is 5.69 Å². The molecule has 0 saturated carbocycles. The van der Waals surface area contributed by atoms with Crippen LogP contribution >= 0.6 is 54.2 Å². The van der Waals surface area contributed by atoms with Crippen LogP contribution in [0.5, 0.6) is 0 Å². The summed E-state index contributed by atoms with van der Waals surface area (Å²) in [5.74, 6) is 0. The lowest BCUT2D eigenvalue weighted by molar-refractivity contribution is -0.318. The maximum absolute atomic E-state index is 11.3. The summed E-state index contributed by atoms with van der Waals surface area (Å²) in [7, 11) is -3.51. The molecule has 3 saturated heterocycles. The summed E-state index contributed by atoms with van der Waals surface area (Å²) in [6.07, 6.45) is 0. The monoisotopic (exact) mass is 336 g/mol. The largest absolute Gasteiger partial charge is 0.538 e. The summed E-state index contributed by atoms with van der Waals surface area (Å²) in [6.45, 7) is 0. The molecule has 6 nitrogen and oxygen atoms in total. The molecule has 1 aromatic carbocycles. The van der Waals surface area contributed by atoms with E-state index in [1.807, 2.05) is 0 Å². The highest BCUT2D eigenvalue weighted by molar-refractivity contribution is 7.49. The number of hydrazine groups is 1. The van der Waals surface area contributed by atoms with Crippen molar-refractivity contribution in [3.05, 3.63) is 26.2 Å². The summed E-state index contributed by atoms with van der Waals surface area (Å²) in [6, 6.07) is 1.37. The predicted octanol–water partition coefficient (Wildman–Crippen LogP) is 4.25. The Morgan fingerprint density at radius 1 is 1.00 bits per heavy atom. The van der Waals surface area contributed by atoms with Crippen LogP contribution in [0.1, 0.15) is 0 Å². The predicted molar refractivity (Wildman–Crippen MR) is 61.7 cm³/mol. The average Bonchev–Trinajstić information content (AvgIpc) is 2.73. The lowest BCUT2D eigenvalue weighted by Crippen LogP contribution is -2.34. The molecule has 0 N–H and O–H groups in total. The second-order valence-electron chi connectivity index (χ2n) is 3.02. The minimum atomic E-state index is -3.51. The van der Waals surface area contributed by atoms with Crippen LogP contribution in [0.25, 0.3) is 0 Å². The third-order valence-electron chi connectivity index (χ3n) is 1.95. The van der Waals surface area contributed by atoms with Gasteiger partial charge in [0.05, 0.1) is 25.4 Å².